The molecule has 1 fully saturated rings. The topological polar surface area (TPSA) is 82.9 Å². The number of hydrogen-bond donors (Lipinski definition) is 2. The van der Waals surface area contributed by atoms with E-state index in [1.54, 1.807) is 31.6 Å². The zero-order valence-electron chi connectivity index (χ0n) is 22.8. The maximum Gasteiger partial charge on any atom is 0.321 e. The van der Waals surface area contributed by atoms with Crippen molar-refractivity contribution in [2.75, 3.05) is 38.7 Å². The summed E-state index contributed by atoms with van der Waals surface area (Å²) >= 11 is 0. The van der Waals surface area contributed by atoms with Crippen LogP contribution in [0.1, 0.15) is 35.7 Å². The lowest BCUT2D eigenvalue weighted by molar-refractivity contribution is 0.0476. The summed E-state index contributed by atoms with van der Waals surface area (Å²) in [6, 6.07) is 15.8. The largest absolute Gasteiger partial charge is 0.497 e. The molecule has 40 heavy (non-hydrogen) atoms. The van der Waals surface area contributed by atoms with Gasteiger partial charge in [-0.3, -0.25) is 9.88 Å². The number of amides is 2. The number of aliphatic hydroxyl groups is 1. The van der Waals surface area contributed by atoms with Gasteiger partial charge in [0, 0.05) is 73.9 Å². The van der Waals surface area contributed by atoms with E-state index in [9.17, 15) is 14.3 Å². The molecule has 6 rings (SSSR count). The molecule has 1 atom stereocenters. The highest BCUT2D eigenvalue weighted by molar-refractivity contribution is 5.90. The molecule has 0 radical (unpaired) electrons. The van der Waals surface area contributed by atoms with Crippen molar-refractivity contribution in [3.63, 3.8) is 0 Å². The molecule has 0 unspecified atom stereocenters. The monoisotopic (exact) mass is 543 g/mol. The third-order valence-electron chi connectivity index (χ3n) is 8.64. The normalized spacial score (nSPS) is 18.6. The van der Waals surface area contributed by atoms with E-state index in [1.165, 1.54) is 17.7 Å². The maximum atomic E-state index is 13.7. The number of hydrogen-bond acceptors (Lipinski definition) is 5. The molecule has 2 aromatic heterocycles. The fraction of sp³-hybridized carbons (Fsp3) is 0.355. The second-order valence-corrected chi connectivity index (χ2v) is 10.9. The number of aromatic nitrogens is 2. The van der Waals surface area contributed by atoms with E-state index in [0.717, 1.165) is 47.3 Å². The summed E-state index contributed by atoms with van der Waals surface area (Å²) in [6.07, 6.45) is 5.14. The number of nitrogens with zero attached hydrogens (tertiary/aromatic N) is 4. The number of fused-ring (bicyclic) bond motifs is 4. The lowest BCUT2D eigenvalue weighted by atomic mass is 9.68. The number of urea groups is 1. The van der Waals surface area contributed by atoms with E-state index in [1.807, 2.05) is 23.1 Å². The van der Waals surface area contributed by atoms with Crippen molar-refractivity contribution in [3.8, 4) is 5.75 Å². The van der Waals surface area contributed by atoms with Crippen LogP contribution < -0.4 is 10.1 Å². The zero-order chi connectivity index (χ0) is 27.9. The molecule has 0 bridgehead atoms. The molecule has 4 heterocycles. The van der Waals surface area contributed by atoms with Crippen molar-refractivity contribution < 1.29 is 19.0 Å². The van der Waals surface area contributed by atoms with Gasteiger partial charge in [-0.15, -0.1) is 0 Å². The van der Waals surface area contributed by atoms with Gasteiger partial charge in [-0.2, -0.15) is 0 Å². The molecule has 9 heteroatoms. The van der Waals surface area contributed by atoms with Crippen molar-refractivity contribution >= 4 is 22.6 Å². The van der Waals surface area contributed by atoms with Gasteiger partial charge < -0.3 is 24.6 Å². The van der Waals surface area contributed by atoms with E-state index < -0.39 is 0 Å². The summed E-state index contributed by atoms with van der Waals surface area (Å²) in [6.45, 7) is 2.58. The Bertz CT molecular complexity index is 1530. The molecule has 0 saturated carbocycles. The fourth-order valence-electron chi connectivity index (χ4n) is 6.67. The van der Waals surface area contributed by atoms with Crippen molar-refractivity contribution in [2.24, 2.45) is 7.05 Å². The summed E-state index contributed by atoms with van der Waals surface area (Å²) < 4.78 is 21.4. The standard InChI is InChI=1S/C31H34FN5O3/c1-35-26-17-24(40-2)6-7-25(26)28-29(35)27(19-38)37(18-21-8-12-33-13-9-21)20-31(28)10-14-36(15-11-31)30(39)34-23-5-3-4-22(32)16-23/h3-9,12-13,16-17,27,38H,10-11,14-15,18-20H2,1-2H3,(H,34,39)/t27-/m1/s1. The molecule has 4 aromatic rings. The Hall–Kier alpha value is -3.95. The van der Waals surface area contributed by atoms with Crippen molar-refractivity contribution in [1.82, 2.24) is 19.4 Å². The summed E-state index contributed by atoms with van der Waals surface area (Å²) in [5.74, 6) is 0.406. The molecular formula is C31H34FN5O3. The Morgan fingerprint density at radius 1 is 1.15 bits per heavy atom. The van der Waals surface area contributed by atoms with Gasteiger partial charge in [0.2, 0.25) is 0 Å². The van der Waals surface area contributed by atoms with E-state index in [0.29, 0.717) is 25.3 Å². The molecule has 2 aromatic carbocycles. The van der Waals surface area contributed by atoms with Gasteiger partial charge in [-0.1, -0.05) is 6.07 Å². The van der Waals surface area contributed by atoms with Gasteiger partial charge in [-0.05, 0) is 66.4 Å². The summed E-state index contributed by atoms with van der Waals surface area (Å²) in [5.41, 5.74) is 4.82. The molecule has 1 spiro atoms. The van der Waals surface area contributed by atoms with Crippen LogP contribution in [0.2, 0.25) is 0 Å². The second-order valence-electron chi connectivity index (χ2n) is 10.9. The van der Waals surface area contributed by atoms with Gasteiger partial charge in [0.25, 0.3) is 0 Å². The fourth-order valence-corrected chi connectivity index (χ4v) is 6.67. The molecule has 208 valence electrons. The first kappa shape index (κ1) is 26.3. The average Bonchev–Trinajstić information content (AvgIpc) is 3.26. The summed E-state index contributed by atoms with van der Waals surface area (Å²) in [5, 5.41) is 14.7. The predicted octanol–water partition coefficient (Wildman–Crippen LogP) is 4.84. The molecule has 0 aliphatic carbocycles. The minimum absolute atomic E-state index is 0.00235. The second kappa shape index (κ2) is 10.6. The van der Waals surface area contributed by atoms with Crippen LogP contribution in [0.4, 0.5) is 14.9 Å². The quantitative estimate of drug-likeness (QED) is 0.377. The van der Waals surface area contributed by atoms with E-state index in [-0.39, 0.29) is 29.9 Å². The number of nitrogens with one attached hydrogen (secondary N) is 1. The van der Waals surface area contributed by atoms with Crippen LogP contribution >= 0.6 is 0 Å². The van der Waals surface area contributed by atoms with Crippen LogP contribution in [0.15, 0.2) is 67.0 Å². The number of halogens is 1. The number of benzene rings is 2. The number of aliphatic hydroxyl groups excluding tert-OH is 1. The maximum absolute atomic E-state index is 13.7. The lowest BCUT2D eigenvalue weighted by Gasteiger charge is -2.50. The van der Waals surface area contributed by atoms with Gasteiger partial charge in [0.15, 0.2) is 0 Å². The van der Waals surface area contributed by atoms with Crippen LogP contribution in [0.3, 0.4) is 0 Å². The number of methoxy groups -OCH3 is 1. The van der Waals surface area contributed by atoms with Crippen LogP contribution in [0.5, 0.6) is 5.75 Å². The molecule has 2 amide bonds. The molecular weight excluding hydrogens is 509 g/mol. The van der Waals surface area contributed by atoms with Crippen LogP contribution in [-0.4, -0.2) is 63.8 Å². The molecule has 2 N–H and O–H groups in total. The number of rotatable bonds is 5. The Morgan fingerprint density at radius 2 is 1.93 bits per heavy atom. The first-order chi connectivity index (χ1) is 19.4. The number of carbonyl (C=O) groups is 1. The number of anilines is 1. The summed E-state index contributed by atoms with van der Waals surface area (Å²) in [4.78, 5) is 21.5. The lowest BCUT2D eigenvalue weighted by Crippen LogP contribution is -2.55. The van der Waals surface area contributed by atoms with Gasteiger partial charge in [0.1, 0.15) is 11.6 Å². The number of carbonyl (C=O) groups excluding carboxylic acids is 1. The van der Waals surface area contributed by atoms with E-state index >= 15 is 0 Å². The van der Waals surface area contributed by atoms with Crippen LogP contribution in [0.25, 0.3) is 10.9 Å². The Kier molecular flexibility index (Phi) is 6.93. The Morgan fingerprint density at radius 3 is 2.62 bits per heavy atom. The first-order valence-corrected chi connectivity index (χ1v) is 13.6. The predicted molar refractivity (Wildman–Crippen MR) is 152 cm³/mol. The zero-order valence-corrected chi connectivity index (χ0v) is 22.8. The number of piperidine rings is 1. The minimum Gasteiger partial charge on any atom is -0.497 e. The highest BCUT2D eigenvalue weighted by Gasteiger charge is 2.48. The first-order valence-electron chi connectivity index (χ1n) is 13.6. The number of ether oxygens (including phenoxy) is 1. The minimum atomic E-state index is -0.384. The SMILES string of the molecule is COc1ccc2c3c(n(C)c2c1)[C@@H](CO)N(Cc1ccncc1)CC31CCN(C(=O)Nc2cccc(F)c2)CC1. The highest BCUT2D eigenvalue weighted by Crippen LogP contribution is 2.50. The Balaban J connectivity index is 1.36. The van der Waals surface area contributed by atoms with E-state index in [4.69, 9.17) is 4.74 Å². The Labute approximate surface area is 233 Å². The van der Waals surface area contributed by atoms with Crippen molar-refractivity contribution in [2.45, 2.75) is 30.8 Å². The number of likely N-dealkylation sites (tertiary alicyclic amines) is 1. The molecule has 2 aliphatic heterocycles. The van der Waals surface area contributed by atoms with E-state index in [2.05, 4.69) is 38.9 Å². The van der Waals surface area contributed by atoms with Crippen LogP contribution in [0, 0.1) is 5.82 Å². The number of aryl methyl sites for hydroxylation is 1. The third kappa shape index (κ3) is 4.59. The van der Waals surface area contributed by atoms with Crippen LogP contribution in [-0.2, 0) is 19.0 Å². The molecule has 8 nitrogen and oxygen atoms in total. The van der Waals surface area contributed by atoms with Gasteiger partial charge in [0.05, 0.1) is 25.3 Å². The average molecular weight is 544 g/mol. The highest BCUT2D eigenvalue weighted by atomic mass is 19.1. The molecule has 1 saturated heterocycles. The third-order valence-corrected chi connectivity index (χ3v) is 8.64. The van der Waals surface area contributed by atoms with Gasteiger partial charge in [-0.25, -0.2) is 9.18 Å². The molecule has 2 aliphatic rings. The number of pyridine rings is 1. The smallest absolute Gasteiger partial charge is 0.321 e. The van der Waals surface area contributed by atoms with Crippen molar-refractivity contribution in [3.05, 3.63) is 89.6 Å². The summed E-state index contributed by atoms with van der Waals surface area (Å²) in [7, 11) is 3.73. The van der Waals surface area contributed by atoms with Gasteiger partial charge >= 0.3 is 6.03 Å². The van der Waals surface area contributed by atoms with Crippen molar-refractivity contribution in [1.29, 1.82) is 0 Å².